The molecule has 0 saturated heterocycles. The number of hydrogen-bond acceptors (Lipinski definition) is 3. The number of para-hydroxylation sites is 1. The lowest BCUT2D eigenvalue weighted by Gasteiger charge is -2.15. The van der Waals surface area contributed by atoms with Crippen molar-refractivity contribution in [2.45, 2.75) is 0 Å². The van der Waals surface area contributed by atoms with E-state index in [1.54, 1.807) is 0 Å². The summed E-state index contributed by atoms with van der Waals surface area (Å²) in [6.45, 7) is 0. The highest BCUT2D eigenvalue weighted by atomic mass is 15.0. The van der Waals surface area contributed by atoms with Crippen LogP contribution < -0.4 is 0 Å². The molecule has 0 radical (unpaired) electrons. The molecular formula is C51H32N4. The van der Waals surface area contributed by atoms with E-state index < -0.39 is 0 Å². The molecule has 0 aliphatic heterocycles. The first-order valence-corrected chi connectivity index (χ1v) is 18.6. The fourth-order valence-corrected chi connectivity index (χ4v) is 8.22. The summed E-state index contributed by atoms with van der Waals surface area (Å²) in [7, 11) is 0. The first kappa shape index (κ1) is 31.1. The smallest absolute Gasteiger partial charge is 0.164 e. The molecular weight excluding hydrogens is 669 g/mol. The molecule has 0 spiro atoms. The van der Waals surface area contributed by atoms with Crippen molar-refractivity contribution < 1.29 is 0 Å². The van der Waals surface area contributed by atoms with Gasteiger partial charge in [-0.1, -0.05) is 170 Å². The predicted molar refractivity (Wildman–Crippen MR) is 228 cm³/mol. The van der Waals surface area contributed by atoms with Crippen molar-refractivity contribution in [2.75, 3.05) is 0 Å². The Balaban J connectivity index is 1.09. The van der Waals surface area contributed by atoms with Crippen molar-refractivity contribution in [3.63, 3.8) is 0 Å². The summed E-state index contributed by atoms with van der Waals surface area (Å²) in [4.78, 5) is 15.4. The van der Waals surface area contributed by atoms with Crippen molar-refractivity contribution in [1.82, 2.24) is 19.5 Å². The molecule has 0 saturated carbocycles. The van der Waals surface area contributed by atoms with Crippen molar-refractivity contribution >= 4 is 54.1 Å². The maximum Gasteiger partial charge on any atom is 0.164 e. The van der Waals surface area contributed by atoms with E-state index in [-0.39, 0.29) is 0 Å². The third kappa shape index (κ3) is 5.19. The van der Waals surface area contributed by atoms with Crippen LogP contribution in [0.25, 0.3) is 105 Å². The van der Waals surface area contributed by atoms with E-state index in [1.165, 1.54) is 48.9 Å². The van der Waals surface area contributed by atoms with Gasteiger partial charge >= 0.3 is 0 Å². The molecule has 0 amide bonds. The van der Waals surface area contributed by atoms with Gasteiger partial charge in [0.2, 0.25) is 0 Å². The van der Waals surface area contributed by atoms with E-state index in [0.717, 1.165) is 38.7 Å². The largest absolute Gasteiger partial charge is 0.309 e. The third-order valence-corrected chi connectivity index (χ3v) is 10.8. The Morgan fingerprint density at radius 2 is 0.836 bits per heavy atom. The molecule has 0 aliphatic carbocycles. The minimum absolute atomic E-state index is 0.635. The molecule has 0 aliphatic rings. The topological polar surface area (TPSA) is 43.6 Å². The number of aromatic nitrogens is 4. The Hall–Kier alpha value is -7.43. The van der Waals surface area contributed by atoms with Crippen LogP contribution in [0.5, 0.6) is 0 Å². The fourth-order valence-electron chi connectivity index (χ4n) is 8.22. The van der Waals surface area contributed by atoms with Gasteiger partial charge in [0.25, 0.3) is 0 Å². The van der Waals surface area contributed by atoms with Gasteiger partial charge in [0.1, 0.15) is 0 Å². The molecule has 0 fully saturated rings. The number of benzene rings is 9. The normalized spacial score (nSPS) is 11.6. The molecule has 2 heterocycles. The van der Waals surface area contributed by atoms with Gasteiger partial charge in [-0.15, -0.1) is 0 Å². The van der Waals surface area contributed by atoms with Crippen molar-refractivity contribution in [1.29, 1.82) is 0 Å². The SMILES string of the molecule is c1ccc(-c2nc(-c3ccc(-c4cccc5ccccc45)cc3)nc(-c3cccc4c(-n5c6ccccc6c6cc7ccccc7cc65)cccc34)n2)cc1. The zero-order valence-corrected chi connectivity index (χ0v) is 29.8. The highest BCUT2D eigenvalue weighted by molar-refractivity contribution is 6.15. The summed E-state index contributed by atoms with van der Waals surface area (Å²) in [5, 5.41) is 9.59. The van der Waals surface area contributed by atoms with Gasteiger partial charge < -0.3 is 4.57 Å². The summed E-state index contributed by atoms with van der Waals surface area (Å²) in [5.74, 6) is 1.91. The monoisotopic (exact) mass is 700 g/mol. The maximum atomic E-state index is 5.20. The van der Waals surface area contributed by atoms with Gasteiger partial charge in [0.05, 0.1) is 16.7 Å². The van der Waals surface area contributed by atoms with Gasteiger partial charge in [-0.05, 0) is 62.3 Å². The molecule has 2 aromatic heterocycles. The number of fused-ring (bicyclic) bond motifs is 6. The second kappa shape index (κ2) is 12.6. The highest BCUT2D eigenvalue weighted by Gasteiger charge is 2.18. The van der Waals surface area contributed by atoms with Crippen LogP contribution in [0.4, 0.5) is 0 Å². The molecule has 55 heavy (non-hydrogen) atoms. The first-order valence-electron chi connectivity index (χ1n) is 18.6. The molecule has 4 heteroatoms. The second-order valence-corrected chi connectivity index (χ2v) is 14.0. The molecule has 11 aromatic rings. The lowest BCUT2D eigenvalue weighted by Crippen LogP contribution is -2.01. The van der Waals surface area contributed by atoms with Crippen molar-refractivity contribution in [3.8, 4) is 51.0 Å². The van der Waals surface area contributed by atoms with E-state index in [4.69, 9.17) is 15.0 Å². The van der Waals surface area contributed by atoms with E-state index in [2.05, 4.69) is 180 Å². The fraction of sp³-hybridized carbons (Fsp3) is 0. The second-order valence-electron chi connectivity index (χ2n) is 14.0. The van der Waals surface area contributed by atoms with E-state index in [0.29, 0.717) is 17.5 Å². The van der Waals surface area contributed by atoms with Crippen LogP contribution in [-0.4, -0.2) is 19.5 Å². The Labute approximate surface area is 317 Å². The quantitative estimate of drug-likeness (QED) is 0.179. The molecule has 9 aromatic carbocycles. The average Bonchev–Trinajstić information content (AvgIpc) is 3.58. The Kier molecular flexibility index (Phi) is 7.14. The zero-order chi connectivity index (χ0) is 36.3. The lowest BCUT2D eigenvalue weighted by molar-refractivity contribution is 1.08. The number of hydrogen-bond donors (Lipinski definition) is 0. The summed E-state index contributed by atoms with van der Waals surface area (Å²) < 4.78 is 2.41. The summed E-state index contributed by atoms with van der Waals surface area (Å²) in [6.07, 6.45) is 0. The van der Waals surface area contributed by atoms with Crippen LogP contribution >= 0.6 is 0 Å². The van der Waals surface area contributed by atoms with Crippen LogP contribution in [0, 0.1) is 0 Å². The van der Waals surface area contributed by atoms with Gasteiger partial charge in [0.15, 0.2) is 17.5 Å². The van der Waals surface area contributed by atoms with Crippen LogP contribution in [-0.2, 0) is 0 Å². The number of nitrogens with zero attached hydrogens (tertiary/aromatic N) is 4. The van der Waals surface area contributed by atoms with Crippen molar-refractivity contribution in [3.05, 3.63) is 194 Å². The van der Waals surface area contributed by atoms with Crippen LogP contribution in [0.3, 0.4) is 0 Å². The van der Waals surface area contributed by atoms with Gasteiger partial charge in [0, 0.05) is 32.8 Å². The average molecular weight is 701 g/mol. The summed E-state index contributed by atoms with van der Waals surface area (Å²) >= 11 is 0. The molecule has 256 valence electrons. The minimum Gasteiger partial charge on any atom is -0.309 e. The Morgan fingerprint density at radius 1 is 0.291 bits per heavy atom. The summed E-state index contributed by atoms with van der Waals surface area (Å²) in [5.41, 5.74) is 8.65. The standard InChI is InChI=1S/C51H32N4/c1-2-14-35(15-3-1)49-52-50(36-29-27-34(28-30-36)40-21-10-18-33-13-6-7-19-39(33)40)54-51(53-49)44-24-11-23-42-41(44)22-12-26-47(42)55-46-25-9-8-20-43(46)45-31-37-16-4-5-17-38(37)32-48(45)55/h1-32H. The lowest BCUT2D eigenvalue weighted by atomic mass is 9.97. The zero-order valence-electron chi connectivity index (χ0n) is 29.8. The van der Waals surface area contributed by atoms with Crippen LogP contribution in [0.1, 0.15) is 0 Å². The maximum absolute atomic E-state index is 5.20. The van der Waals surface area contributed by atoms with E-state index >= 15 is 0 Å². The molecule has 0 N–H and O–H groups in total. The van der Waals surface area contributed by atoms with Gasteiger partial charge in [-0.3, -0.25) is 0 Å². The highest BCUT2D eigenvalue weighted by Crippen LogP contribution is 2.39. The first-order chi connectivity index (χ1) is 27.3. The van der Waals surface area contributed by atoms with Gasteiger partial charge in [-0.25, -0.2) is 15.0 Å². The number of rotatable bonds is 5. The minimum atomic E-state index is 0.635. The molecule has 0 unspecified atom stereocenters. The summed E-state index contributed by atoms with van der Waals surface area (Å²) in [6, 6.07) is 68.7. The Morgan fingerprint density at radius 3 is 1.65 bits per heavy atom. The molecule has 0 bridgehead atoms. The third-order valence-electron chi connectivity index (χ3n) is 10.8. The van der Waals surface area contributed by atoms with Crippen LogP contribution in [0.2, 0.25) is 0 Å². The molecule has 4 nitrogen and oxygen atoms in total. The van der Waals surface area contributed by atoms with Crippen LogP contribution in [0.15, 0.2) is 194 Å². The molecule has 0 atom stereocenters. The van der Waals surface area contributed by atoms with Crippen molar-refractivity contribution in [2.24, 2.45) is 0 Å². The van der Waals surface area contributed by atoms with Gasteiger partial charge in [-0.2, -0.15) is 0 Å². The molecule has 11 rings (SSSR count). The predicted octanol–water partition coefficient (Wildman–Crippen LogP) is 13.1. The van der Waals surface area contributed by atoms with E-state index in [1.807, 2.05) is 18.2 Å². The Bertz CT molecular complexity index is 3250. The van der Waals surface area contributed by atoms with E-state index in [9.17, 15) is 0 Å².